The van der Waals surface area contributed by atoms with E-state index >= 15 is 0 Å². The molecule has 0 saturated heterocycles. The van der Waals surface area contributed by atoms with Crippen molar-refractivity contribution in [3.8, 4) is 11.4 Å². The summed E-state index contributed by atoms with van der Waals surface area (Å²) in [5.74, 6) is 1.59. The van der Waals surface area contributed by atoms with Gasteiger partial charge in [0.2, 0.25) is 0 Å². The van der Waals surface area contributed by atoms with Crippen LogP contribution in [0, 0.1) is 13.8 Å². The molecule has 0 amide bonds. The van der Waals surface area contributed by atoms with Gasteiger partial charge in [-0.3, -0.25) is 4.98 Å². The summed E-state index contributed by atoms with van der Waals surface area (Å²) in [5, 5.41) is 4.29. The third-order valence-electron chi connectivity index (χ3n) is 3.19. The van der Waals surface area contributed by atoms with Gasteiger partial charge in [-0.15, -0.1) is 11.3 Å². The second-order valence-corrected chi connectivity index (χ2v) is 5.55. The molecule has 0 spiro atoms. The number of nitrogens with zero attached hydrogens (tertiary/aromatic N) is 3. The Labute approximate surface area is 115 Å². The number of hydrogen-bond acceptors (Lipinski definition) is 5. The van der Waals surface area contributed by atoms with Crippen LogP contribution in [-0.4, -0.2) is 22.0 Å². The van der Waals surface area contributed by atoms with Crippen molar-refractivity contribution in [2.45, 2.75) is 13.8 Å². The van der Waals surface area contributed by atoms with E-state index in [1.54, 1.807) is 23.7 Å². The Hall–Kier alpha value is -2.01. The van der Waals surface area contributed by atoms with Crippen molar-refractivity contribution in [3.05, 3.63) is 35.0 Å². The lowest BCUT2D eigenvalue weighted by molar-refractivity contribution is 1.20. The number of aromatic nitrogens is 3. The molecule has 0 unspecified atom stereocenters. The van der Waals surface area contributed by atoms with Gasteiger partial charge in [0.05, 0.1) is 5.39 Å². The first kappa shape index (κ1) is 12.0. The van der Waals surface area contributed by atoms with E-state index in [1.807, 2.05) is 19.2 Å². The summed E-state index contributed by atoms with van der Waals surface area (Å²) in [4.78, 5) is 15.7. The zero-order valence-electron chi connectivity index (χ0n) is 11.1. The molecule has 0 bridgehead atoms. The van der Waals surface area contributed by atoms with E-state index in [9.17, 15) is 0 Å². The van der Waals surface area contributed by atoms with Crippen LogP contribution in [0.25, 0.3) is 21.6 Å². The van der Waals surface area contributed by atoms with Gasteiger partial charge in [-0.05, 0) is 31.5 Å². The molecule has 0 aromatic carbocycles. The van der Waals surface area contributed by atoms with Gasteiger partial charge in [-0.1, -0.05) is 0 Å². The van der Waals surface area contributed by atoms with Crippen LogP contribution in [0.3, 0.4) is 0 Å². The van der Waals surface area contributed by atoms with E-state index in [0.717, 1.165) is 21.6 Å². The molecule has 0 aliphatic carbocycles. The summed E-state index contributed by atoms with van der Waals surface area (Å²) in [6.45, 7) is 4.23. The zero-order chi connectivity index (χ0) is 13.4. The van der Waals surface area contributed by atoms with E-state index in [-0.39, 0.29) is 0 Å². The lowest BCUT2D eigenvalue weighted by Crippen LogP contribution is -1.98. The number of pyridine rings is 1. The number of rotatable bonds is 2. The van der Waals surface area contributed by atoms with Crippen LogP contribution in [-0.2, 0) is 0 Å². The van der Waals surface area contributed by atoms with Gasteiger partial charge < -0.3 is 5.32 Å². The van der Waals surface area contributed by atoms with Crippen LogP contribution in [0.5, 0.6) is 0 Å². The van der Waals surface area contributed by atoms with Gasteiger partial charge in [0.15, 0.2) is 5.82 Å². The van der Waals surface area contributed by atoms with E-state index in [2.05, 4.69) is 34.1 Å². The van der Waals surface area contributed by atoms with Crippen molar-refractivity contribution in [3.63, 3.8) is 0 Å². The minimum absolute atomic E-state index is 0.714. The maximum absolute atomic E-state index is 4.66. The van der Waals surface area contributed by atoms with Gasteiger partial charge >= 0.3 is 0 Å². The number of hydrogen-bond donors (Lipinski definition) is 1. The van der Waals surface area contributed by atoms with Gasteiger partial charge in [0, 0.05) is 29.9 Å². The first-order chi connectivity index (χ1) is 9.20. The second-order valence-electron chi connectivity index (χ2n) is 4.35. The molecule has 3 aromatic heterocycles. The van der Waals surface area contributed by atoms with E-state index in [1.165, 1.54) is 10.4 Å². The molecular formula is C14H14N4S. The van der Waals surface area contributed by atoms with Gasteiger partial charge in [0.1, 0.15) is 10.6 Å². The zero-order valence-corrected chi connectivity index (χ0v) is 11.9. The summed E-state index contributed by atoms with van der Waals surface area (Å²) in [6, 6.07) is 3.87. The highest BCUT2D eigenvalue weighted by molar-refractivity contribution is 7.18. The van der Waals surface area contributed by atoms with Crippen LogP contribution in [0.2, 0.25) is 0 Å². The van der Waals surface area contributed by atoms with Crippen molar-refractivity contribution < 1.29 is 0 Å². The summed E-state index contributed by atoms with van der Waals surface area (Å²) in [5.41, 5.74) is 2.19. The Bertz CT molecular complexity index is 734. The first-order valence-electron chi connectivity index (χ1n) is 6.06. The highest BCUT2D eigenvalue weighted by Crippen LogP contribution is 2.34. The maximum atomic E-state index is 4.66. The molecule has 5 heteroatoms. The van der Waals surface area contributed by atoms with Gasteiger partial charge in [0.25, 0.3) is 0 Å². The molecule has 19 heavy (non-hydrogen) atoms. The molecule has 3 heterocycles. The number of fused-ring (bicyclic) bond motifs is 1. The molecule has 0 atom stereocenters. The Morgan fingerprint density at radius 3 is 2.74 bits per heavy atom. The Kier molecular flexibility index (Phi) is 2.91. The molecule has 0 aliphatic rings. The van der Waals surface area contributed by atoms with Crippen molar-refractivity contribution in [2.75, 3.05) is 12.4 Å². The van der Waals surface area contributed by atoms with E-state index < -0.39 is 0 Å². The SMILES string of the molecule is CNc1nc(-c2cccnc2)nc2sc(C)c(C)c12. The summed E-state index contributed by atoms with van der Waals surface area (Å²) < 4.78 is 0. The molecule has 96 valence electrons. The number of aryl methyl sites for hydroxylation is 2. The van der Waals surface area contributed by atoms with Crippen LogP contribution < -0.4 is 5.32 Å². The molecule has 0 fully saturated rings. The Balaban J connectivity index is 2.29. The molecule has 3 rings (SSSR count). The molecule has 3 aromatic rings. The molecule has 0 saturated carbocycles. The van der Waals surface area contributed by atoms with Crippen molar-refractivity contribution in [1.82, 2.24) is 15.0 Å². The summed E-state index contributed by atoms with van der Waals surface area (Å²) in [6.07, 6.45) is 3.54. The lowest BCUT2D eigenvalue weighted by Gasteiger charge is -2.06. The lowest BCUT2D eigenvalue weighted by atomic mass is 10.2. The Morgan fingerprint density at radius 2 is 2.05 bits per heavy atom. The smallest absolute Gasteiger partial charge is 0.164 e. The average Bonchev–Trinajstić information content (AvgIpc) is 2.74. The fourth-order valence-corrected chi connectivity index (χ4v) is 3.08. The fourth-order valence-electron chi connectivity index (χ4n) is 2.05. The normalized spacial score (nSPS) is 10.9. The summed E-state index contributed by atoms with van der Waals surface area (Å²) in [7, 11) is 1.89. The topological polar surface area (TPSA) is 50.7 Å². The standard InChI is InChI=1S/C14H14N4S/c1-8-9(2)19-14-11(8)13(15-3)17-12(18-14)10-5-4-6-16-7-10/h4-7H,1-3H3,(H,15,17,18). The van der Waals surface area contributed by atoms with Crippen molar-refractivity contribution >= 4 is 27.4 Å². The van der Waals surface area contributed by atoms with Crippen LogP contribution in [0.1, 0.15) is 10.4 Å². The van der Waals surface area contributed by atoms with E-state index in [0.29, 0.717) is 5.82 Å². The first-order valence-corrected chi connectivity index (χ1v) is 6.88. The quantitative estimate of drug-likeness (QED) is 0.775. The highest BCUT2D eigenvalue weighted by atomic mass is 32.1. The molecule has 4 nitrogen and oxygen atoms in total. The molecule has 1 N–H and O–H groups in total. The highest BCUT2D eigenvalue weighted by Gasteiger charge is 2.14. The number of anilines is 1. The van der Waals surface area contributed by atoms with Crippen LogP contribution >= 0.6 is 11.3 Å². The third-order valence-corrected chi connectivity index (χ3v) is 4.29. The number of nitrogens with one attached hydrogen (secondary N) is 1. The van der Waals surface area contributed by atoms with Crippen LogP contribution in [0.4, 0.5) is 5.82 Å². The minimum atomic E-state index is 0.714. The van der Waals surface area contributed by atoms with Crippen molar-refractivity contribution in [1.29, 1.82) is 0 Å². The molecular weight excluding hydrogens is 256 g/mol. The monoisotopic (exact) mass is 270 g/mol. The largest absolute Gasteiger partial charge is 0.372 e. The minimum Gasteiger partial charge on any atom is -0.372 e. The third kappa shape index (κ3) is 1.96. The summed E-state index contributed by atoms with van der Waals surface area (Å²) >= 11 is 1.71. The maximum Gasteiger partial charge on any atom is 0.164 e. The number of thiophene rings is 1. The second kappa shape index (κ2) is 4.59. The van der Waals surface area contributed by atoms with Gasteiger partial charge in [-0.25, -0.2) is 9.97 Å². The predicted molar refractivity (Wildman–Crippen MR) is 79.7 cm³/mol. The van der Waals surface area contributed by atoms with Crippen LogP contribution in [0.15, 0.2) is 24.5 Å². The molecule has 0 radical (unpaired) electrons. The van der Waals surface area contributed by atoms with Crippen molar-refractivity contribution in [2.24, 2.45) is 0 Å². The van der Waals surface area contributed by atoms with Gasteiger partial charge in [-0.2, -0.15) is 0 Å². The average molecular weight is 270 g/mol. The fraction of sp³-hybridized carbons (Fsp3) is 0.214. The Morgan fingerprint density at radius 1 is 1.21 bits per heavy atom. The van der Waals surface area contributed by atoms with E-state index in [4.69, 9.17) is 0 Å². The molecule has 0 aliphatic heterocycles. The predicted octanol–water partition coefficient (Wildman–Crippen LogP) is 3.41.